The van der Waals surface area contributed by atoms with E-state index in [1.54, 1.807) is 0 Å². The zero-order valence-corrected chi connectivity index (χ0v) is 14.0. The molecule has 0 aliphatic heterocycles. The van der Waals surface area contributed by atoms with Crippen LogP contribution in [-0.2, 0) is 0 Å². The lowest BCUT2D eigenvalue weighted by atomic mass is 9.70. The Hall–Kier alpha value is -0.380. The predicted molar refractivity (Wildman–Crippen MR) is 87.6 cm³/mol. The Morgan fingerprint density at radius 2 is 1.80 bits per heavy atom. The molecule has 0 aromatic heterocycles. The molecule has 0 heterocycles. The summed E-state index contributed by atoms with van der Waals surface area (Å²) in [5.74, 6) is 0. The standard InChI is InChI=1S/C17H26BrNO/c1-13-7-8-14(15(18)11-13)16(20)17(12-19)9-5-3-2-4-6-10-17/h7-8,11,16,20H,2-6,9-10,12,19H2,1H3. The minimum atomic E-state index is -0.472. The summed E-state index contributed by atoms with van der Waals surface area (Å²) in [6.45, 7) is 2.63. The number of hydrogen-bond donors (Lipinski definition) is 2. The van der Waals surface area contributed by atoms with Gasteiger partial charge in [-0.3, -0.25) is 0 Å². The van der Waals surface area contributed by atoms with Gasteiger partial charge < -0.3 is 10.8 Å². The molecule has 0 amide bonds. The van der Waals surface area contributed by atoms with Gasteiger partial charge in [-0.05, 0) is 37.0 Å². The number of halogens is 1. The molecule has 0 saturated heterocycles. The van der Waals surface area contributed by atoms with E-state index in [1.807, 2.05) is 6.07 Å². The van der Waals surface area contributed by atoms with Crippen molar-refractivity contribution in [1.82, 2.24) is 0 Å². The van der Waals surface area contributed by atoms with Gasteiger partial charge in [0.05, 0.1) is 6.10 Å². The van der Waals surface area contributed by atoms with Crippen molar-refractivity contribution < 1.29 is 5.11 Å². The van der Waals surface area contributed by atoms with Crippen molar-refractivity contribution in [2.75, 3.05) is 6.54 Å². The first-order chi connectivity index (χ1) is 9.59. The Labute approximate surface area is 130 Å². The largest absolute Gasteiger partial charge is 0.388 e. The van der Waals surface area contributed by atoms with Crippen molar-refractivity contribution in [2.45, 2.75) is 58.0 Å². The van der Waals surface area contributed by atoms with E-state index >= 15 is 0 Å². The molecule has 20 heavy (non-hydrogen) atoms. The highest BCUT2D eigenvalue weighted by Gasteiger charge is 2.38. The number of aliphatic hydroxyl groups is 1. The number of aryl methyl sites for hydroxylation is 1. The zero-order chi connectivity index (χ0) is 14.6. The van der Waals surface area contributed by atoms with Crippen molar-refractivity contribution >= 4 is 15.9 Å². The van der Waals surface area contributed by atoms with Crippen LogP contribution < -0.4 is 5.73 Å². The highest BCUT2D eigenvalue weighted by Crippen LogP contribution is 2.45. The third-order valence-corrected chi connectivity index (χ3v) is 5.47. The summed E-state index contributed by atoms with van der Waals surface area (Å²) in [7, 11) is 0. The maximum atomic E-state index is 11.0. The van der Waals surface area contributed by atoms with Crippen molar-refractivity contribution in [2.24, 2.45) is 11.1 Å². The Balaban J connectivity index is 2.28. The van der Waals surface area contributed by atoms with Gasteiger partial charge in [0.15, 0.2) is 0 Å². The summed E-state index contributed by atoms with van der Waals surface area (Å²) in [5, 5.41) is 11.0. The van der Waals surface area contributed by atoms with Gasteiger partial charge in [-0.2, -0.15) is 0 Å². The Morgan fingerprint density at radius 3 is 2.35 bits per heavy atom. The fraction of sp³-hybridized carbons (Fsp3) is 0.647. The molecule has 1 aliphatic rings. The molecule has 3 N–H and O–H groups in total. The van der Waals surface area contributed by atoms with Crippen LogP contribution in [0.4, 0.5) is 0 Å². The Morgan fingerprint density at radius 1 is 1.20 bits per heavy atom. The molecule has 1 fully saturated rings. The topological polar surface area (TPSA) is 46.2 Å². The molecular formula is C17H26BrNO. The van der Waals surface area contributed by atoms with Crippen LogP contribution in [0.5, 0.6) is 0 Å². The second kappa shape index (κ2) is 7.06. The van der Waals surface area contributed by atoms with Crippen LogP contribution in [-0.4, -0.2) is 11.7 Å². The van der Waals surface area contributed by atoms with Crippen molar-refractivity contribution in [1.29, 1.82) is 0 Å². The molecule has 0 bridgehead atoms. The fourth-order valence-corrected chi connectivity index (χ4v) is 4.09. The first-order valence-electron chi connectivity index (χ1n) is 7.73. The van der Waals surface area contributed by atoms with Crippen molar-refractivity contribution in [3.63, 3.8) is 0 Å². The SMILES string of the molecule is Cc1ccc(C(O)C2(CN)CCCCCCC2)c(Br)c1. The average Bonchev–Trinajstić information content (AvgIpc) is 2.38. The second-order valence-corrected chi connectivity index (χ2v) is 7.12. The first-order valence-corrected chi connectivity index (χ1v) is 8.52. The molecule has 1 saturated carbocycles. The van der Waals surface area contributed by atoms with E-state index in [0.29, 0.717) is 6.54 Å². The van der Waals surface area contributed by atoms with Gasteiger partial charge in [-0.25, -0.2) is 0 Å². The first kappa shape index (κ1) is 16.0. The van der Waals surface area contributed by atoms with Gasteiger partial charge in [-0.15, -0.1) is 0 Å². The van der Waals surface area contributed by atoms with Crippen molar-refractivity contribution in [3.8, 4) is 0 Å². The average molecular weight is 340 g/mol. The van der Waals surface area contributed by atoms with Gasteiger partial charge in [-0.1, -0.05) is 60.2 Å². The minimum absolute atomic E-state index is 0.155. The number of aliphatic hydroxyl groups excluding tert-OH is 1. The van der Waals surface area contributed by atoms with Gasteiger partial charge in [0.25, 0.3) is 0 Å². The monoisotopic (exact) mass is 339 g/mol. The molecule has 1 aromatic rings. The number of rotatable bonds is 3. The van der Waals surface area contributed by atoms with E-state index in [-0.39, 0.29) is 5.41 Å². The summed E-state index contributed by atoms with van der Waals surface area (Å²) in [6.07, 6.45) is 7.81. The van der Waals surface area contributed by atoms with Crippen molar-refractivity contribution in [3.05, 3.63) is 33.8 Å². The summed E-state index contributed by atoms with van der Waals surface area (Å²) in [4.78, 5) is 0. The van der Waals surface area contributed by atoms with Gasteiger partial charge in [0.2, 0.25) is 0 Å². The molecule has 3 heteroatoms. The quantitative estimate of drug-likeness (QED) is 0.852. The molecule has 0 spiro atoms. The molecule has 2 nitrogen and oxygen atoms in total. The summed E-state index contributed by atoms with van der Waals surface area (Å²) in [5.41, 5.74) is 8.14. The molecule has 1 aliphatic carbocycles. The van der Waals surface area contributed by atoms with E-state index in [2.05, 4.69) is 35.0 Å². The van der Waals surface area contributed by atoms with E-state index in [1.165, 1.54) is 37.7 Å². The maximum Gasteiger partial charge on any atom is 0.0869 e. The normalized spacial score (nSPS) is 21.0. The number of hydrogen-bond acceptors (Lipinski definition) is 2. The fourth-order valence-electron chi connectivity index (χ4n) is 3.38. The Kier molecular flexibility index (Phi) is 5.65. The number of nitrogens with two attached hydrogens (primary N) is 1. The lowest BCUT2D eigenvalue weighted by Crippen LogP contribution is -2.37. The predicted octanol–water partition coefficient (Wildman–Crippen LogP) is 4.48. The van der Waals surface area contributed by atoms with Gasteiger partial charge in [0, 0.05) is 16.4 Å². The molecular weight excluding hydrogens is 314 g/mol. The van der Waals surface area contributed by atoms with Crippen LogP contribution >= 0.6 is 15.9 Å². The highest BCUT2D eigenvalue weighted by molar-refractivity contribution is 9.10. The molecule has 1 unspecified atom stereocenters. The smallest absolute Gasteiger partial charge is 0.0869 e. The molecule has 0 radical (unpaired) electrons. The number of benzene rings is 1. The zero-order valence-electron chi connectivity index (χ0n) is 12.4. The molecule has 1 aromatic carbocycles. The lowest BCUT2D eigenvalue weighted by Gasteiger charge is -2.39. The highest BCUT2D eigenvalue weighted by atomic mass is 79.9. The van der Waals surface area contributed by atoms with E-state index in [9.17, 15) is 5.11 Å². The summed E-state index contributed by atoms with van der Waals surface area (Å²) < 4.78 is 1.000. The lowest BCUT2D eigenvalue weighted by molar-refractivity contribution is 0.00800. The third-order valence-electron chi connectivity index (χ3n) is 4.79. The van der Waals surface area contributed by atoms with E-state index in [4.69, 9.17) is 5.73 Å². The summed E-state index contributed by atoms with van der Waals surface area (Å²) >= 11 is 3.60. The molecule has 2 rings (SSSR count). The molecule has 1 atom stereocenters. The minimum Gasteiger partial charge on any atom is -0.388 e. The van der Waals surface area contributed by atoms with Gasteiger partial charge in [0.1, 0.15) is 0 Å². The van der Waals surface area contributed by atoms with E-state index in [0.717, 1.165) is 22.9 Å². The van der Waals surface area contributed by atoms with Crippen LogP contribution in [0.1, 0.15) is 62.2 Å². The molecule has 112 valence electrons. The van der Waals surface area contributed by atoms with Crippen LogP contribution in [0, 0.1) is 12.3 Å². The Bertz CT molecular complexity index is 439. The van der Waals surface area contributed by atoms with Crippen LogP contribution in [0.15, 0.2) is 22.7 Å². The van der Waals surface area contributed by atoms with Crippen LogP contribution in [0.3, 0.4) is 0 Å². The van der Waals surface area contributed by atoms with E-state index < -0.39 is 6.10 Å². The van der Waals surface area contributed by atoms with Gasteiger partial charge >= 0.3 is 0 Å². The van der Waals surface area contributed by atoms with Crippen LogP contribution in [0.25, 0.3) is 0 Å². The second-order valence-electron chi connectivity index (χ2n) is 6.26. The van der Waals surface area contributed by atoms with Crippen LogP contribution in [0.2, 0.25) is 0 Å². The maximum absolute atomic E-state index is 11.0. The third kappa shape index (κ3) is 3.44. The summed E-state index contributed by atoms with van der Waals surface area (Å²) in [6, 6.07) is 6.18.